The summed E-state index contributed by atoms with van der Waals surface area (Å²) in [4.78, 5) is 22.1. The predicted molar refractivity (Wildman–Crippen MR) is 91.2 cm³/mol. The first kappa shape index (κ1) is 19.3. The minimum Gasteiger partial charge on any atom is -0.348 e. The van der Waals surface area contributed by atoms with E-state index in [1.165, 1.54) is 25.2 Å². The molecule has 138 valence electrons. The standard InChI is InChI=1S/C15H22N4O5S/c1-15(10-16,11-6-7-11)17-14(20)9-18(2)25(23,24)13-5-3-4-12(8-13)19(21)22/h3-5,8,11H,6-7,9-10,16H2,1-2H3,(H,17,20). The number of nitrogens with zero attached hydrogens (tertiary/aromatic N) is 2. The minimum absolute atomic E-state index is 0.235. The van der Waals surface area contributed by atoms with E-state index in [1.54, 1.807) is 0 Å². The van der Waals surface area contributed by atoms with Crippen molar-refractivity contribution in [2.45, 2.75) is 30.2 Å². The van der Waals surface area contributed by atoms with Crippen molar-refractivity contribution in [3.63, 3.8) is 0 Å². The Morgan fingerprint density at radius 2 is 2.12 bits per heavy atom. The van der Waals surface area contributed by atoms with Crippen LogP contribution in [0.1, 0.15) is 19.8 Å². The maximum absolute atomic E-state index is 12.5. The number of amides is 1. The van der Waals surface area contributed by atoms with Gasteiger partial charge in [0.1, 0.15) is 0 Å². The molecule has 1 aromatic rings. The lowest BCUT2D eigenvalue weighted by Crippen LogP contribution is -2.55. The number of sulfonamides is 1. The van der Waals surface area contributed by atoms with Crippen molar-refractivity contribution in [1.82, 2.24) is 9.62 Å². The van der Waals surface area contributed by atoms with Gasteiger partial charge in [0.15, 0.2) is 0 Å². The zero-order valence-electron chi connectivity index (χ0n) is 14.1. The fourth-order valence-corrected chi connectivity index (χ4v) is 3.79. The molecule has 0 heterocycles. The van der Waals surface area contributed by atoms with Crippen LogP contribution in [0.2, 0.25) is 0 Å². The van der Waals surface area contributed by atoms with Crippen molar-refractivity contribution >= 4 is 21.6 Å². The molecular weight excluding hydrogens is 348 g/mol. The third-order valence-electron chi connectivity index (χ3n) is 4.43. The number of nitro benzene ring substituents is 1. The minimum atomic E-state index is -4.02. The summed E-state index contributed by atoms with van der Waals surface area (Å²) in [6.45, 7) is 1.72. The number of nitrogens with one attached hydrogen (secondary N) is 1. The van der Waals surface area contributed by atoms with Crippen LogP contribution in [0.15, 0.2) is 29.2 Å². The number of hydrogen-bond donors (Lipinski definition) is 2. The Balaban J connectivity index is 2.10. The number of rotatable bonds is 8. The highest BCUT2D eigenvalue weighted by molar-refractivity contribution is 7.89. The van der Waals surface area contributed by atoms with Gasteiger partial charge in [-0.1, -0.05) is 6.07 Å². The van der Waals surface area contributed by atoms with Crippen LogP contribution in [0.25, 0.3) is 0 Å². The lowest BCUT2D eigenvalue weighted by Gasteiger charge is -2.30. The van der Waals surface area contributed by atoms with E-state index in [0.29, 0.717) is 5.92 Å². The van der Waals surface area contributed by atoms with Crippen LogP contribution < -0.4 is 11.1 Å². The monoisotopic (exact) mass is 370 g/mol. The smallest absolute Gasteiger partial charge is 0.270 e. The first-order chi connectivity index (χ1) is 11.6. The fraction of sp³-hybridized carbons (Fsp3) is 0.533. The molecule has 1 saturated carbocycles. The van der Waals surface area contributed by atoms with Crippen LogP contribution in [0, 0.1) is 16.0 Å². The second kappa shape index (κ2) is 7.06. The Labute approximate surface area is 146 Å². The van der Waals surface area contributed by atoms with Crippen LogP contribution in [0.3, 0.4) is 0 Å². The molecule has 1 aromatic carbocycles. The van der Waals surface area contributed by atoms with Crippen LogP contribution in [0.5, 0.6) is 0 Å². The van der Waals surface area contributed by atoms with Crippen LogP contribution in [-0.4, -0.2) is 49.2 Å². The normalized spacial score (nSPS) is 17.1. The fourth-order valence-electron chi connectivity index (χ4n) is 2.62. The Kier molecular flexibility index (Phi) is 5.45. The summed E-state index contributed by atoms with van der Waals surface area (Å²) in [5, 5.41) is 13.6. The number of non-ortho nitro benzene ring substituents is 1. The molecule has 0 bridgehead atoms. The summed E-state index contributed by atoms with van der Waals surface area (Å²) in [6.07, 6.45) is 1.96. The van der Waals surface area contributed by atoms with E-state index < -0.39 is 32.9 Å². The molecular formula is C15H22N4O5S. The molecule has 0 aliphatic heterocycles. The average molecular weight is 370 g/mol. The Bertz CT molecular complexity index is 778. The van der Waals surface area contributed by atoms with Gasteiger partial charge < -0.3 is 11.1 Å². The molecule has 1 unspecified atom stereocenters. The average Bonchev–Trinajstić information content (AvgIpc) is 3.39. The van der Waals surface area contributed by atoms with Gasteiger partial charge in [-0.2, -0.15) is 4.31 Å². The largest absolute Gasteiger partial charge is 0.348 e. The van der Waals surface area contributed by atoms with Crippen molar-refractivity contribution < 1.29 is 18.1 Å². The lowest BCUT2D eigenvalue weighted by molar-refractivity contribution is -0.385. The number of hydrogen-bond acceptors (Lipinski definition) is 6. The van der Waals surface area contributed by atoms with Gasteiger partial charge in [-0.15, -0.1) is 0 Å². The van der Waals surface area contributed by atoms with E-state index in [0.717, 1.165) is 23.2 Å². The molecule has 2 rings (SSSR count). The van der Waals surface area contributed by atoms with Crippen LogP contribution in [0.4, 0.5) is 5.69 Å². The highest BCUT2D eigenvalue weighted by atomic mass is 32.2. The molecule has 1 aliphatic rings. The van der Waals surface area contributed by atoms with Crippen LogP contribution in [-0.2, 0) is 14.8 Å². The second-order valence-electron chi connectivity index (χ2n) is 6.46. The van der Waals surface area contributed by atoms with Gasteiger partial charge in [0.25, 0.3) is 5.69 Å². The van der Waals surface area contributed by atoms with E-state index >= 15 is 0 Å². The lowest BCUT2D eigenvalue weighted by atomic mass is 9.96. The molecule has 0 radical (unpaired) electrons. The predicted octanol–water partition coefficient (Wildman–Crippen LogP) is 0.459. The third-order valence-corrected chi connectivity index (χ3v) is 6.23. The van der Waals surface area contributed by atoms with E-state index in [2.05, 4.69) is 5.32 Å². The molecule has 1 amide bonds. The summed E-state index contributed by atoms with van der Waals surface area (Å²) in [5.74, 6) is -0.156. The molecule has 3 N–H and O–H groups in total. The Morgan fingerprint density at radius 3 is 2.64 bits per heavy atom. The molecule has 0 spiro atoms. The van der Waals surface area contributed by atoms with Gasteiger partial charge in [0, 0.05) is 25.7 Å². The molecule has 0 saturated heterocycles. The maximum atomic E-state index is 12.5. The number of carbonyl (C=O) groups excluding carboxylic acids is 1. The summed E-state index contributed by atoms with van der Waals surface area (Å²) in [5.41, 5.74) is 4.86. The molecule has 10 heteroatoms. The van der Waals surface area contributed by atoms with Gasteiger partial charge >= 0.3 is 0 Å². The first-order valence-corrected chi connectivity index (χ1v) is 9.26. The van der Waals surface area contributed by atoms with E-state index in [4.69, 9.17) is 5.73 Å². The molecule has 1 fully saturated rings. The Hall–Kier alpha value is -2.04. The third kappa shape index (κ3) is 4.33. The number of nitrogens with two attached hydrogens (primary N) is 1. The summed E-state index contributed by atoms with van der Waals surface area (Å²) in [6, 6.07) is 4.72. The highest BCUT2D eigenvalue weighted by Crippen LogP contribution is 2.38. The van der Waals surface area contributed by atoms with Gasteiger partial charge in [-0.25, -0.2) is 8.42 Å². The zero-order valence-corrected chi connectivity index (χ0v) is 15.0. The van der Waals surface area contributed by atoms with Gasteiger partial charge in [0.05, 0.1) is 21.9 Å². The molecule has 0 aromatic heterocycles. The topological polar surface area (TPSA) is 136 Å². The van der Waals surface area contributed by atoms with Gasteiger partial charge in [-0.3, -0.25) is 14.9 Å². The van der Waals surface area contributed by atoms with Crippen molar-refractivity contribution in [1.29, 1.82) is 0 Å². The summed E-state index contributed by atoms with van der Waals surface area (Å²) >= 11 is 0. The van der Waals surface area contributed by atoms with Gasteiger partial charge in [-0.05, 0) is 31.7 Å². The number of carbonyl (C=O) groups is 1. The van der Waals surface area contributed by atoms with Crippen LogP contribution >= 0.6 is 0 Å². The van der Waals surface area contributed by atoms with E-state index in [1.807, 2.05) is 6.92 Å². The van der Waals surface area contributed by atoms with Crippen molar-refractivity contribution in [3.8, 4) is 0 Å². The number of nitro groups is 1. The maximum Gasteiger partial charge on any atom is 0.270 e. The summed E-state index contributed by atoms with van der Waals surface area (Å²) in [7, 11) is -2.77. The van der Waals surface area contributed by atoms with Crippen molar-refractivity contribution in [2.24, 2.45) is 11.7 Å². The quantitative estimate of drug-likeness (QED) is 0.504. The highest BCUT2D eigenvalue weighted by Gasteiger charge is 2.41. The second-order valence-corrected chi connectivity index (χ2v) is 8.50. The first-order valence-electron chi connectivity index (χ1n) is 7.82. The molecule has 25 heavy (non-hydrogen) atoms. The van der Waals surface area contributed by atoms with Crippen molar-refractivity contribution in [3.05, 3.63) is 34.4 Å². The van der Waals surface area contributed by atoms with Crippen molar-refractivity contribution in [2.75, 3.05) is 20.1 Å². The zero-order chi connectivity index (χ0) is 18.8. The van der Waals surface area contributed by atoms with Gasteiger partial charge in [0.2, 0.25) is 15.9 Å². The summed E-state index contributed by atoms with van der Waals surface area (Å²) < 4.78 is 25.9. The molecule has 1 atom stereocenters. The number of likely N-dealkylation sites (N-methyl/N-ethyl adjacent to an activating group) is 1. The molecule has 9 nitrogen and oxygen atoms in total. The van der Waals surface area contributed by atoms with E-state index in [9.17, 15) is 23.3 Å². The number of benzene rings is 1. The van der Waals surface area contributed by atoms with E-state index in [-0.39, 0.29) is 17.1 Å². The Morgan fingerprint density at radius 1 is 1.48 bits per heavy atom. The molecule has 1 aliphatic carbocycles. The SMILES string of the molecule is CN(CC(=O)NC(C)(CN)C1CC1)S(=O)(=O)c1cccc([N+](=O)[O-])c1.